The second-order valence-electron chi connectivity index (χ2n) is 13.5. The molecule has 3 aliphatic carbocycles. The summed E-state index contributed by atoms with van der Waals surface area (Å²) in [6, 6.07) is 9.09. The maximum Gasteiger partial charge on any atom is 0.119 e. The predicted molar refractivity (Wildman–Crippen MR) is 165 cm³/mol. The Kier molecular flexibility index (Phi) is 13.1. The summed E-state index contributed by atoms with van der Waals surface area (Å²) in [6.45, 7) is 5.35. The molecular weight excluding hydrogens is 460 g/mol. The van der Waals surface area contributed by atoms with Crippen LogP contribution >= 0.6 is 0 Å². The van der Waals surface area contributed by atoms with Gasteiger partial charge in [0.05, 0.1) is 0 Å². The van der Waals surface area contributed by atoms with Gasteiger partial charge in [0.25, 0.3) is 0 Å². The molecule has 0 spiro atoms. The number of hydrogen-bond acceptors (Lipinski definition) is 1. The molecule has 3 fully saturated rings. The summed E-state index contributed by atoms with van der Waals surface area (Å²) in [7, 11) is 0. The van der Waals surface area contributed by atoms with Gasteiger partial charge in [-0.05, 0) is 117 Å². The van der Waals surface area contributed by atoms with Crippen LogP contribution in [0.5, 0.6) is 5.75 Å². The fourth-order valence-corrected chi connectivity index (χ4v) is 8.14. The molecule has 1 heteroatoms. The fourth-order valence-electron chi connectivity index (χ4n) is 8.14. The van der Waals surface area contributed by atoms with E-state index in [-0.39, 0.29) is 0 Å². The lowest BCUT2D eigenvalue weighted by Gasteiger charge is -2.37. The number of unbranched alkanes of at least 4 members (excludes halogenated alkanes) is 4. The summed E-state index contributed by atoms with van der Waals surface area (Å²) in [5.74, 6) is 6.66. The first-order valence-electron chi connectivity index (χ1n) is 17.1. The van der Waals surface area contributed by atoms with Gasteiger partial charge in [-0.3, -0.25) is 0 Å². The lowest BCUT2D eigenvalue weighted by Crippen LogP contribution is -2.25. The van der Waals surface area contributed by atoms with Gasteiger partial charge in [0, 0.05) is 0 Å². The molecule has 0 heterocycles. The third kappa shape index (κ3) is 9.75. The van der Waals surface area contributed by atoms with Crippen molar-refractivity contribution < 1.29 is 4.74 Å². The monoisotopic (exact) mass is 520 g/mol. The highest BCUT2D eigenvalue weighted by atomic mass is 16.5. The average molecular weight is 521 g/mol. The minimum Gasteiger partial charge on any atom is -0.490 e. The first-order valence-corrected chi connectivity index (χ1v) is 17.1. The van der Waals surface area contributed by atoms with Crippen LogP contribution < -0.4 is 4.74 Å². The van der Waals surface area contributed by atoms with Gasteiger partial charge >= 0.3 is 0 Å². The van der Waals surface area contributed by atoms with E-state index in [1.54, 1.807) is 0 Å². The minimum atomic E-state index is 0.712. The molecule has 3 aliphatic rings. The molecular formula is C37H60O. The molecule has 0 saturated heterocycles. The van der Waals surface area contributed by atoms with Gasteiger partial charge in [-0.25, -0.2) is 0 Å². The van der Waals surface area contributed by atoms with E-state index in [1.165, 1.54) is 134 Å². The van der Waals surface area contributed by atoms with Crippen LogP contribution in [0.25, 0.3) is 0 Å². The summed E-state index contributed by atoms with van der Waals surface area (Å²) in [6.07, 6.45) is 33.6. The lowest BCUT2D eigenvalue weighted by atomic mass is 9.68. The zero-order valence-electron chi connectivity index (χ0n) is 25.2. The van der Waals surface area contributed by atoms with E-state index < -0.39 is 0 Å². The van der Waals surface area contributed by atoms with Crippen LogP contribution in [0.3, 0.4) is 0 Å². The smallest absolute Gasteiger partial charge is 0.119 e. The Bertz CT molecular complexity index is 754. The molecule has 4 rings (SSSR count). The average Bonchev–Trinajstić information content (AvgIpc) is 2.97. The van der Waals surface area contributed by atoms with Crippen LogP contribution in [0.2, 0.25) is 0 Å². The Morgan fingerprint density at radius 1 is 0.632 bits per heavy atom. The quantitative estimate of drug-likeness (QED) is 0.175. The van der Waals surface area contributed by atoms with Crippen molar-refractivity contribution in [3.63, 3.8) is 0 Å². The maximum atomic E-state index is 6.09. The molecule has 214 valence electrons. The van der Waals surface area contributed by atoms with E-state index in [1.807, 2.05) is 0 Å². The molecule has 1 nitrogen and oxygen atoms in total. The summed E-state index contributed by atoms with van der Waals surface area (Å²) in [5, 5.41) is 0. The van der Waals surface area contributed by atoms with Gasteiger partial charge in [-0.2, -0.15) is 0 Å². The summed E-state index contributed by atoms with van der Waals surface area (Å²) >= 11 is 0. The van der Waals surface area contributed by atoms with E-state index in [2.05, 4.69) is 50.3 Å². The van der Waals surface area contributed by atoms with Crippen LogP contribution in [0.4, 0.5) is 0 Å². The zero-order valence-corrected chi connectivity index (χ0v) is 25.2. The standard InChI is InChI=1S/C37H60O/c1-3-5-7-10-30-13-19-33(20-14-30)34-23-17-32(18-24-34)12-9-29-38-37-27-25-36(26-28-37)35-21-15-31(16-22-35)11-8-6-4-2/h9,12,25-28,30-35H,3-8,10-11,13-24,29H2,1-2H3/b12-9+. The summed E-state index contributed by atoms with van der Waals surface area (Å²) < 4.78 is 6.09. The Hall–Kier alpha value is -1.24. The van der Waals surface area contributed by atoms with Crippen LogP contribution in [-0.4, -0.2) is 6.61 Å². The third-order valence-electron chi connectivity index (χ3n) is 10.8. The van der Waals surface area contributed by atoms with Crippen molar-refractivity contribution in [1.82, 2.24) is 0 Å². The normalized spacial score (nSPS) is 30.5. The van der Waals surface area contributed by atoms with Gasteiger partial charge in [0.1, 0.15) is 12.4 Å². The number of allylic oxidation sites excluding steroid dienone is 1. The first kappa shape index (κ1) is 29.7. The molecule has 0 radical (unpaired) electrons. The number of ether oxygens (including phenoxy) is 1. The summed E-state index contributed by atoms with van der Waals surface area (Å²) in [4.78, 5) is 0. The van der Waals surface area contributed by atoms with E-state index in [4.69, 9.17) is 4.74 Å². The molecule has 0 bridgehead atoms. The molecule has 3 saturated carbocycles. The second-order valence-corrected chi connectivity index (χ2v) is 13.5. The van der Waals surface area contributed by atoms with E-state index in [9.17, 15) is 0 Å². The minimum absolute atomic E-state index is 0.712. The zero-order chi connectivity index (χ0) is 26.4. The van der Waals surface area contributed by atoms with Crippen molar-refractivity contribution in [1.29, 1.82) is 0 Å². The van der Waals surface area contributed by atoms with Gasteiger partial charge in [-0.15, -0.1) is 0 Å². The van der Waals surface area contributed by atoms with Crippen molar-refractivity contribution in [2.75, 3.05) is 6.61 Å². The van der Waals surface area contributed by atoms with Crippen molar-refractivity contribution in [2.24, 2.45) is 29.6 Å². The molecule has 0 atom stereocenters. The number of rotatable bonds is 14. The van der Waals surface area contributed by atoms with Gasteiger partial charge < -0.3 is 4.74 Å². The highest BCUT2D eigenvalue weighted by Gasteiger charge is 2.30. The van der Waals surface area contributed by atoms with Crippen molar-refractivity contribution in [3.05, 3.63) is 42.0 Å². The molecule has 0 amide bonds. The molecule has 38 heavy (non-hydrogen) atoms. The Balaban J connectivity index is 1.08. The maximum absolute atomic E-state index is 6.09. The first-order chi connectivity index (χ1) is 18.7. The van der Waals surface area contributed by atoms with Crippen molar-refractivity contribution in [2.45, 2.75) is 148 Å². The second kappa shape index (κ2) is 16.8. The van der Waals surface area contributed by atoms with Crippen molar-refractivity contribution in [3.8, 4) is 5.75 Å². The molecule has 1 aromatic rings. The lowest BCUT2D eigenvalue weighted by molar-refractivity contribution is 0.151. The van der Waals surface area contributed by atoms with Crippen LogP contribution in [0.1, 0.15) is 154 Å². The van der Waals surface area contributed by atoms with Gasteiger partial charge in [-0.1, -0.05) is 102 Å². The van der Waals surface area contributed by atoms with E-state index in [0.29, 0.717) is 6.61 Å². The predicted octanol–water partition coefficient (Wildman–Crippen LogP) is 11.7. The Morgan fingerprint density at radius 2 is 1.16 bits per heavy atom. The topological polar surface area (TPSA) is 9.23 Å². The SMILES string of the molecule is CCCCCC1CCC(c2ccc(OC/C=C/C3CCC(C4CCC(CCCCC)CC4)CC3)cc2)CC1. The Labute approximate surface area is 236 Å². The highest BCUT2D eigenvalue weighted by molar-refractivity contribution is 5.30. The molecule has 0 N–H and O–H groups in total. The summed E-state index contributed by atoms with van der Waals surface area (Å²) in [5.41, 5.74) is 1.53. The number of hydrogen-bond donors (Lipinski definition) is 0. The van der Waals surface area contributed by atoms with Gasteiger partial charge in [0.15, 0.2) is 0 Å². The van der Waals surface area contributed by atoms with Crippen LogP contribution in [0.15, 0.2) is 36.4 Å². The molecule has 0 aromatic heterocycles. The molecule has 0 unspecified atom stereocenters. The third-order valence-corrected chi connectivity index (χ3v) is 10.8. The van der Waals surface area contributed by atoms with Gasteiger partial charge in [0.2, 0.25) is 0 Å². The van der Waals surface area contributed by atoms with Crippen LogP contribution in [-0.2, 0) is 0 Å². The van der Waals surface area contributed by atoms with Crippen LogP contribution in [0, 0.1) is 29.6 Å². The highest BCUT2D eigenvalue weighted by Crippen LogP contribution is 2.42. The molecule has 0 aliphatic heterocycles. The van der Waals surface area contributed by atoms with Crippen molar-refractivity contribution >= 4 is 0 Å². The van der Waals surface area contributed by atoms with E-state index in [0.717, 1.165) is 41.3 Å². The fraction of sp³-hybridized carbons (Fsp3) is 0.784. The Morgan fingerprint density at radius 3 is 1.71 bits per heavy atom. The largest absolute Gasteiger partial charge is 0.490 e. The number of benzene rings is 1. The van der Waals surface area contributed by atoms with E-state index >= 15 is 0 Å². The molecule has 1 aromatic carbocycles.